The topological polar surface area (TPSA) is 109 Å². The first-order valence-electron chi connectivity index (χ1n) is 9.68. The molecule has 2 saturated heterocycles. The van der Waals surface area contributed by atoms with Crippen LogP contribution in [0, 0.1) is 5.92 Å². The highest BCUT2D eigenvalue weighted by Gasteiger charge is 2.32. The molecule has 2 aliphatic rings. The zero-order valence-electron chi connectivity index (χ0n) is 15.8. The SMILES string of the molecule is CC(C)NC(=O)N[C@@H]1CC[C@@H](CCNC(=O)C2CCOCC2)O[C@H]1CO. The number of rotatable bonds is 7. The van der Waals surface area contributed by atoms with Crippen LogP contribution in [0.2, 0.25) is 0 Å². The van der Waals surface area contributed by atoms with Crippen molar-refractivity contribution in [2.45, 2.75) is 70.2 Å². The largest absolute Gasteiger partial charge is 0.394 e. The Morgan fingerprint density at radius 2 is 1.88 bits per heavy atom. The van der Waals surface area contributed by atoms with E-state index in [-0.39, 0.29) is 42.7 Å². The van der Waals surface area contributed by atoms with Crippen LogP contribution >= 0.6 is 0 Å². The van der Waals surface area contributed by atoms with Gasteiger partial charge in [-0.2, -0.15) is 0 Å². The number of nitrogens with one attached hydrogen (secondary N) is 3. The Morgan fingerprint density at radius 1 is 1.15 bits per heavy atom. The van der Waals surface area contributed by atoms with Crippen molar-refractivity contribution in [3.05, 3.63) is 0 Å². The van der Waals surface area contributed by atoms with Crippen molar-refractivity contribution >= 4 is 11.9 Å². The minimum atomic E-state index is -0.419. The van der Waals surface area contributed by atoms with Crippen molar-refractivity contribution in [2.75, 3.05) is 26.4 Å². The molecule has 0 aromatic rings. The maximum atomic E-state index is 12.1. The highest BCUT2D eigenvalue weighted by molar-refractivity contribution is 5.78. The molecule has 0 aromatic heterocycles. The van der Waals surface area contributed by atoms with Gasteiger partial charge in [-0.1, -0.05) is 0 Å². The quantitative estimate of drug-likeness (QED) is 0.522. The van der Waals surface area contributed by atoms with Crippen LogP contribution in [0.15, 0.2) is 0 Å². The van der Waals surface area contributed by atoms with Gasteiger partial charge in [-0.05, 0) is 46.0 Å². The molecule has 0 saturated carbocycles. The zero-order valence-corrected chi connectivity index (χ0v) is 15.8. The number of carbonyl (C=O) groups excluding carboxylic acids is 2. The van der Waals surface area contributed by atoms with E-state index in [1.165, 1.54) is 0 Å². The highest BCUT2D eigenvalue weighted by atomic mass is 16.5. The molecule has 2 heterocycles. The number of hydrogen-bond acceptors (Lipinski definition) is 5. The molecule has 8 nitrogen and oxygen atoms in total. The molecule has 4 N–H and O–H groups in total. The van der Waals surface area contributed by atoms with Crippen LogP contribution in [0.5, 0.6) is 0 Å². The molecule has 3 amide bonds. The van der Waals surface area contributed by atoms with Crippen molar-refractivity contribution in [1.82, 2.24) is 16.0 Å². The minimum Gasteiger partial charge on any atom is -0.394 e. The van der Waals surface area contributed by atoms with Crippen LogP contribution in [0.4, 0.5) is 4.79 Å². The second-order valence-corrected chi connectivity index (χ2v) is 7.40. The van der Waals surface area contributed by atoms with Gasteiger partial charge in [0.15, 0.2) is 0 Å². The first-order chi connectivity index (χ1) is 12.5. The van der Waals surface area contributed by atoms with Crippen LogP contribution in [-0.4, -0.2) is 67.7 Å². The number of hydrogen-bond donors (Lipinski definition) is 4. The molecule has 2 fully saturated rings. The number of aliphatic hydroxyl groups excluding tert-OH is 1. The van der Waals surface area contributed by atoms with Gasteiger partial charge in [-0.3, -0.25) is 4.79 Å². The fourth-order valence-corrected chi connectivity index (χ4v) is 3.44. The summed E-state index contributed by atoms with van der Waals surface area (Å²) in [4.78, 5) is 24.0. The smallest absolute Gasteiger partial charge is 0.315 e. The van der Waals surface area contributed by atoms with Crippen molar-refractivity contribution < 1.29 is 24.2 Å². The average Bonchev–Trinajstić information content (AvgIpc) is 2.62. The fourth-order valence-electron chi connectivity index (χ4n) is 3.44. The molecule has 0 unspecified atom stereocenters. The lowest BCUT2D eigenvalue weighted by molar-refractivity contribution is -0.128. The van der Waals surface area contributed by atoms with E-state index in [1.54, 1.807) is 0 Å². The predicted octanol–water partition coefficient (Wildman–Crippen LogP) is 0.535. The Balaban J connectivity index is 1.69. The summed E-state index contributed by atoms with van der Waals surface area (Å²) in [5, 5.41) is 18.2. The van der Waals surface area contributed by atoms with Crippen molar-refractivity contribution in [1.29, 1.82) is 0 Å². The maximum absolute atomic E-state index is 12.1. The van der Waals surface area contributed by atoms with Gasteiger partial charge >= 0.3 is 6.03 Å². The molecular formula is C18H33N3O5. The van der Waals surface area contributed by atoms with E-state index in [1.807, 2.05) is 13.8 Å². The minimum absolute atomic E-state index is 0.0200. The number of amides is 3. The molecule has 3 atom stereocenters. The molecule has 150 valence electrons. The van der Waals surface area contributed by atoms with E-state index in [0.29, 0.717) is 26.2 Å². The van der Waals surface area contributed by atoms with Gasteiger partial charge in [0.05, 0.1) is 18.8 Å². The van der Waals surface area contributed by atoms with E-state index >= 15 is 0 Å². The van der Waals surface area contributed by atoms with Crippen LogP contribution in [0.25, 0.3) is 0 Å². The van der Waals surface area contributed by atoms with E-state index in [2.05, 4.69) is 16.0 Å². The normalized spacial score (nSPS) is 27.2. The summed E-state index contributed by atoms with van der Waals surface area (Å²) in [6.45, 7) is 5.51. The summed E-state index contributed by atoms with van der Waals surface area (Å²) < 4.78 is 11.2. The summed E-state index contributed by atoms with van der Waals surface area (Å²) in [6.07, 6.45) is 3.36. The van der Waals surface area contributed by atoms with Crippen molar-refractivity contribution in [2.24, 2.45) is 5.92 Å². The Hall–Kier alpha value is -1.38. The van der Waals surface area contributed by atoms with Gasteiger partial charge < -0.3 is 30.5 Å². The molecule has 2 aliphatic heterocycles. The molecule has 0 aliphatic carbocycles. The molecule has 0 aromatic carbocycles. The number of urea groups is 1. The van der Waals surface area contributed by atoms with Crippen LogP contribution in [0.1, 0.15) is 46.0 Å². The Kier molecular flexibility index (Phi) is 8.61. The maximum Gasteiger partial charge on any atom is 0.315 e. The lowest BCUT2D eigenvalue weighted by Crippen LogP contribution is -2.54. The summed E-state index contributed by atoms with van der Waals surface area (Å²) in [5.41, 5.74) is 0. The number of carbonyl (C=O) groups is 2. The molecule has 8 heteroatoms. The molecule has 26 heavy (non-hydrogen) atoms. The van der Waals surface area contributed by atoms with E-state index in [4.69, 9.17) is 9.47 Å². The Bertz CT molecular complexity index is 454. The van der Waals surface area contributed by atoms with Crippen molar-refractivity contribution in [3.63, 3.8) is 0 Å². The zero-order chi connectivity index (χ0) is 18.9. The van der Waals surface area contributed by atoms with Crippen LogP contribution in [0.3, 0.4) is 0 Å². The Morgan fingerprint density at radius 3 is 2.54 bits per heavy atom. The highest BCUT2D eigenvalue weighted by Crippen LogP contribution is 2.22. The number of ether oxygens (including phenoxy) is 2. The molecule has 2 rings (SSSR count). The van der Waals surface area contributed by atoms with Crippen LogP contribution < -0.4 is 16.0 Å². The van der Waals surface area contributed by atoms with Gasteiger partial charge in [-0.15, -0.1) is 0 Å². The average molecular weight is 371 g/mol. The third kappa shape index (κ3) is 6.74. The second kappa shape index (κ2) is 10.7. The first kappa shape index (κ1) is 20.9. The predicted molar refractivity (Wildman–Crippen MR) is 96.7 cm³/mol. The van der Waals surface area contributed by atoms with E-state index in [9.17, 15) is 14.7 Å². The van der Waals surface area contributed by atoms with Crippen molar-refractivity contribution in [3.8, 4) is 0 Å². The number of aliphatic hydroxyl groups is 1. The monoisotopic (exact) mass is 371 g/mol. The van der Waals surface area contributed by atoms with E-state index < -0.39 is 6.10 Å². The van der Waals surface area contributed by atoms with Gasteiger partial charge in [-0.25, -0.2) is 4.79 Å². The third-order valence-electron chi connectivity index (χ3n) is 4.89. The van der Waals surface area contributed by atoms with Gasteiger partial charge in [0.2, 0.25) is 5.91 Å². The lowest BCUT2D eigenvalue weighted by Gasteiger charge is -2.36. The summed E-state index contributed by atoms with van der Waals surface area (Å²) >= 11 is 0. The standard InChI is InChI=1S/C18H33N3O5/c1-12(2)20-18(24)21-15-4-3-14(26-16(15)11-22)5-8-19-17(23)13-6-9-25-10-7-13/h12-16,22H,3-11H2,1-2H3,(H,19,23)(H2,20,21,24)/t14-,15+,16-/m0/s1. The molecule has 0 spiro atoms. The summed E-state index contributed by atoms with van der Waals surface area (Å²) in [5.74, 6) is 0.141. The van der Waals surface area contributed by atoms with Crippen LogP contribution in [-0.2, 0) is 14.3 Å². The third-order valence-corrected chi connectivity index (χ3v) is 4.89. The van der Waals surface area contributed by atoms with Gasteiger partial charge in [0.1, 0.15) is 6.10 Å². The van der Waals surface area contributed by atoms with Gasteiger partial charge in [0.25, 0.3) is 0 Å². The lowest BCUT2D eigenvalue weighted by atomic mass is 9.96. The Labute approximate surface area is 155 Å². The summed E-state index contributed by atoms with van der Waals surface area (Å²) in [7, 11) is 0. The second-order valence-electron chi connectivity index (χ2n) is 7.40. The molecule has 0 bridgehead atoms. The molecular weight excluding hydrogens is 338 g/mol. The molecule has 0 radical (unpaired) electrons. The fraction of sp³-hybridized carbons (Fsp3) is 0.889. The van der Waals surface area contributed by atoms with E-state index in [0.717, 1.165) is 25.7 Å². The first-order valence-corrected chi connectivity index (χ1v) is 9.68. The summed E-state index contributed by atoms with van der Waals surface area (Å²) in [6, 6.07) is -0.389. The van der Waals surface area contributed by atoms with Gasteiger partial charge in [0, 0.05) is 31.7 Å².